The van der Waals surface area contributed by atoms with Crippen molar-refractivity contribution in [1.29, 1.82) is 0 Å². The second-order valence-electron chi connectivity index (χ2n) is 5.22. The summed E-state index contributed by atoms with van der Waals surface area (Å²) in [5.74, 6) is 0.348. The monoisotopic (exact) mass is 224 g/mol. The average Bonchev–Trinajstić information content (AvgIpc) is 2.56. The fraction of sp³-hybridized carbons (Fsp3) is 0.923. The van der Waals surface area contributed by atoms with E-state index >= 15 is 0 Å². The lowest BCUT2D eigenvalue weighted by molar-refractivity contribution is -0.132. The van der Waals surface area contributed by atoms with Crippen molar-refractivity contribution in [2.45, 2.75) is 77.0 Å². The molecule has 1 aliphatic heterocycles. The van der Waals surface area contributed by atoms with E-state index in [1.165, 1.54) is 32.1 Å². The molecule has 1 N–H and O–H groups in total. The molecule has 2 unspecified atom stereocenters. The highest BCUT2D eigenvalue weighted by molar-refractivity contribution is 5.84. The van der Waals surface area contributed by atoms with Crippen molar-refractivity contribution < 1.29 is 4.79 Å². The fourth-order valence-electron chi connectivity index (χ4n) is 3.16. The molecule has 2 atom stereocenters. The largest absolute Gasteiger partial charge is 0.323 e. The van der Waals surface area contributed by atoms with Crippen LogP contribution < -0.4 is 5.32 Å². The van der Waals surface area contributed by atoms with E-state index in [1.807, 2.05) is 0 Å². The Kier molecular flexibility index (Phi) is 3.85. The number of hydrogen-bond donors (Lipinski definition) is 1. The zero-order valence-corrected chi connectivity index (χ0v) is 10.5. The maximum Gasteiger partial charge on any atom is 0.241 e. The van der Waals surface area contributed by atoms with Crippen molar-refractivity contribution >= 4 is 5.91 Å². The van der Waals surface area contributed by atoms with Gasteiger partial charge in [0.05, 0.1) is 12.2 Å². The molecule has 16 heavy (non-hydrogen) atoms. The Balaban J connectivity index is 2.00. The summed E-state index contributed by atoms with van der Waals surface area (Å²) in [6, 6.07) is 0.590. The van der Waals surface area contributed by atoms with Crippen LogP contribution in [-0.4, -0.2) is 29.1 Å². The van der Waals surface area contributed by atoms with Crippen LogP contribution >= 0.6 is 0 Å². The van der Waals surface area contributed by atoms with Crippen LogP contribution in [0.4, 0.5) is 0 Å². The van der Waals surface area contributed by atoms with Crippen molar-refractivity contribution in [3.63, 3.8) is 0 Å². The summed E-state index contributed by atoms with van der Waals surface area (Å²) in [4.78, 5) is 14.4. The van der Waals surface area contributed by atoms with E-state index < -0.39 is 0 Å². The summed E-state index contributed by atoms with van der Waals surface area (Å²) in [6.07, 6.45) is 8.64. The molecule has 1 saturated heterocycles. The van der Waals surface area contributed by atoms with Crippen LogP contribution in [0, 0.1) is 0 Å². The lowest BCUT2D eigenvalue weighted by Crippen LogP contribution is -2.44. The number of carbonyl (C=O) groups is 1. The number of nitrogens with one attached hydrogen (secondary N) is 1. The Hall–Kier alpha value is -0.570. The Morgan fingerprint density at radius 2 is 2.00 bits per heavy atom. The molecule has 3 nitrogen and oxygen atoms in total. The molecule has 1 saturated carbocycles. The molecule has 1 amide bonds. The van der Waals surface area contributed by atoms with Crippen LogP contribution in [-0.2, 0) is 4.79 Å². The van der Waals surface area contributed by atoms with E-state index in [4.69, 9.17) is 0 Å². The van der Waals surface area contributed by atoms with Gasteiger partial charge in [-0.2, -0.15) is 0 Å². The van der Waals surface area contributed by atoms with Crippen LogP contribution in [0.3, 0.4) is 0 Å². The third-order valence-electron chi connectivity index (χ3n) is 3.96. The molecular weight excluding hydrogens is 200 g/mol. The SMILES string of the molecule is CCCC1NC(C)N(C2CCCCC2)C1=O. The standard InChI is InChI=1S/C13H24N2O/c1-3-7-12-13(16)15(10(2)14-12)11-8-5-4-6-9-11/h10-12,14H,3-9H2,1-2H3. The highest BCUT2D eigenvalue weighted by atomic mass is 16.2. The van der Waals surface area contributed by atoms with Crippen LogP contribution in [0.15, 0.2) is 0 Å². The molecule has 92 valence electrons. The molecule has 0 aromatic carbocycles. The third kappa shape index (κ3) is 2.24. The zero-order valence-electron chi connectivity index (χ0n) is 10.5. The van der Waals surface area contributed by atoms with Gasteiger partial charge in [-0.1, -0.05) is 32.6 Å². The van der Waals surface area contributed by atoms with Gasteiger partial charge in [-0.3, -0.25) is 10.1 Å². The summed E-state index contributed by atoms with van der Waals surface area (Å²) >= 11 is 0. The predicted octanol–water partition coefficient (Wildman–Crippen LogP) is 2.27. The van der Waals surface area contributed by atoms with Crippen molar-refractivity contribution in [3.05, 3.63) is 0 Å². The summed E-state index contributed by atoms with van der Waals surface area (Å²) in [5, 5.41) is 3.43. The minimum absolute atomic E-state index is 0.0851. The van der Waals surface area contributed by atoms with E-state index in [0.29, 0.717) is 11.9 Å². The van der Waals surface area contributed by atoms with Gasteiger partial charge >= 0.3 is 0 Å². The van der Waals surface area contributed by atoms with Gasteiger partial charge in [-0.15, -0.1) is 0 Å². The van der Waals surface area contributed by atoms with Crippen LogP contribution in [0.5, 0.6) is 0 Å². The first-order valence-electron chi connectivity index (χ1n) is 6.82. The van der Waals surface area contributed by atoms with Gasteiger partial charge in [0.15, 0.2) is 0 Å². The molecule has 3 heteroatoms. The molecule has 1 heterocycles. The normalized spacial score (nSPS) is 32.4. The lowest BCUT2D eigenvalue weighted by Gasteiger charge is -2.33. The minimum atomic E-state index is 0.0851. The van der Waals surface area contributed by atoms with Crippen LogP contribution in [0.2, 0.25) is 0 Å². The van der Waals surface area contributed by atoms with E-state index in [9.17, 15) is 4.79 Å². The summed E-state index contributed by atoms with van der Waals surface area (Å²) < 4.78 is 0. The summed E-state index contributed by atoms with van der Waals surface area (Å²) in [6.45, 7) is 4.27. The molecule has 0 spiro atoms. The second-order valence-corrected chi connectivity index (χ2v) is 5.22. The number of hydrogen-bond acceptors (Lipinski definition) is 2. The summed E-state index contributed by atoms with van der Waals surface area (Å²) in [5.41, 5.74) is 0. The van der Waals surface area contributed by atoms with Gasteiger partial charge in [0.2, 0.25) is 5.91 Å². The Morgan fingerprint density at radius 1 is 1.31 bits per heavy atom. The molecule has 2 fully saturated rings. The maximum absolute atomic E-state index is 12.3. The maximum atomic E-state index is 12.3. The number of rotatable bonds is 3. The fourth-order valence-corrected chi connectivity index (χ4v) is 3.16. The quantitative estimate of drug-likeness (QED) is 0.797. The van der Waals surface area contributed by atoms with Crippen molar-refractivity contribution in [2.75, 3.05) is 0 Å². The number of nitrogens with zero attached hydrogens (tertiary/aromatic N) is 1. The summed E-state index contributed by atoms with van der Waals surface area (Å²) in [7, 11) is 0. The first kappa shape index (κ1) is 11.9. The number of carbonyl (C=O) groups excluding carboxylic acids is 1. The van der Waals surface area contributed by atoms with Crippen LogP contribution in [0.25, 0.3) is 0 Å². The molecule has 0 aromatic rings. The minimum Gasteiger partial charge on any atom is -0.323 e. The van der Waals surface area contributed by atoms with Gasteiger partial charge in [-0.05, 0) is 26.2 Å². The average molecular weight is 224 g/mol. The van der Waals surface area contributed by atoms with Crippen LogP contribution in [0.1, 0.15) is 58.8 Å². The van der Waals surface area contributed by atoms with E-state index in [2.05, 4.69) is 24.1 Å². The smallest absolute Gasteiger partial charge is 0.241 e. The van der Waals surface area contributed by atoms with Gasteiger partial charge in [0.1, 0.15) is 0 Å². The van der Waals surface area contributed by atoms with Gasteiger partial charge in [-0.25, -0.2) is 0 Å². The van der Waals surface area contributed by atoms with Crippen molar-refractivity contribution in [2.24, 2.45) is 0 Å². The van der Waals surface area contributed by atoms with E-state index in [1.54, 1.807) is 0 Å². The second kappa shape index (κ2) is 5.17. The third-order valence-corrected chi connectivity index (χ3v) is 3.96. The van der Waals surface area contributed by atoms with E-state index in [-0.39, 0.29) is 12.2 Å². The zero-order chi connectivity index (χ0) is 11.5. The molecule has 0 radical (unpaired) electrons. The molecule has 0 aromatic heterocycles. The lowest BCUT2D eigenvalue weighted by atomic mass is 9.94. The van der Waals surface area contributed by atoms with Gasteiger partial charge in [0, 0.05) is 6.04 Å². The highest BCUT2D eigenvalue weighted by Crippen LogP contribution is 2.27. The molecule has 1 aliphatic carbocycles. The first-order chi connectivity index (χ1) is 7.74. The van der Waals surface area contributed by atoms with Gasteiger partial charge in [0.25, 0.3) is 0 Å². The Morgan fingerprint density at radius 3 is 2.62 bits per heavy atom. The van der Waals surface area contributed by atoms with Crippen molar-refractivity contribution in [1.82, 2.24) is 10.2 Å². The predicted molar refractivity (Wildman–Crippen MR) is 65.0 cm³/mol. The Bertz CT molecular complexity index is 248. The topological polar surface area (TPSA) is 32.3 Å². The molecule has 2 aliphatic rings. The molecule has 2 rings (SSSR count). The molecule has 0 bridgehead atoms. The Labute approximate surface area is 98.6 Å². The van der Waals surface area contributed by atoms with E-state index in [0.717, 1.165) is 12.8 Å². The number of amides is 1. The first-order valence-corrected chi connectivity index (χ1v) is 6.82. The highest BCUT2D eigenvalue weighted by Gasteiger charge is 2.39. The molecular formula is C13H24N2O. The van der Waals surface area contributed by atoms with Gasteiger partial charge < -0.3 is 4.90 Å². The van der Waals surface area contributed by atoms with Crippen molar-refractivity contribution in [3.8, 4) is 0 Å².